The second-order valence-corrected chi connectivity index (χ2v) is 6.45. The van der Waals surface area contributed by atoms with Crippen molar-refractivity contribution in [1.82, 2.24) is 4.90 Å². The average molecular weight is 366 g/mol. The van der Waals surface area contributed by atoms with E-state index in [2.05, 4.69) is 0 Å². The smallest absolute Gasteiger partial charge is 0.410 e. The zero-order chi connectivity index (χ0) is 18.6. The molecule has 0 radical (unpaired) electrons. The predicted molar refractivity (Wildman–Crippen MR) is 94.9 cm³/mol. The van der Waals surface area contributed by atoms with Crippen molar-refractivity contribution in [2.24, 2.45) is 0 Å². The number of hydrogen-bond acceptors (Lipinski definition) is 3. The van der Waals surface area contributed by atoms with Crippen LogP contribution in [0.3, 0.4) is 0 Å². The van der Waals surface area contributed by atoms with E-state index >= 15 is 0 Å². The Morgan fingerprint density at radius 3 is 2.72 bits per heavy atom. The van der Waals surface area contributed by atoms with Crippen molar-refractivity contribution in [2.45, 2.75) is 33.2 Å². The summed E-state index contributed by atoms with van der Waals surface area (Å²) >= 11 is 6.39. The molecule has 134 valence electrons. The minimum Gasteiger partial charge on any atom is -0.448 e. The van der Waals surface area contributed by atoms with Gasteiger partial charge in [-0.2, -0.15) is 0 Å². The van der Waals surface area contributed by atoms with Gasteiger partial charge in [-0.05, 0) is 50.1 Å². The predicted octanol–water partition coefficient (Wildman–Crippen LogP) is 4.24. The van der Waals surface area contributed by atoms with Gasteiger partial charge in [0.15, 0.2) is 5.78 Å². The molecule has 1 heterocycles. The molecule has 4 nitrogen and oxygen atoms in total. The van der Waals surface area contributed by atoms with Crippen molar-refractivity contribution >= 4 is 23.5 Å². The van der Waals surface area contributed by atoms with Crippen molar-refractivity contribution in [3.8, 4) is 0 Å². The molecule has 1 atom stereocenters. The molecule has 0 N–H and O–H groups in total. The van der Waals surface area contributed by atoms with Gasteiger partial charge in [0.2, 0.25) is 0 Å². The minimum atomic E-state index is -0.369. The van der Waals surface area contributed by atoms with Gasteiger partial charge in [0.05, 0.1) is 12.6 Å². The Kier molecular flexibility index (Phi) is 6.37. The highest BCUT2D eigenvalue weighted by Crippen LogP contribution is 2.23. The Morgan fingerprint density at radius 2 is 2.16 bits per heavy atom. The summed E-state index contributed by atoms with van der Waals surface area (Å²) in [5.74, 6) is -0.483. The largest absolute Gasteiger partial charge is 0.448 e. The standard InChI is InChI=1S/C19H21ClFNO3/c1-12(13(2)22-7-8-25-19(22)24)18(20)11-16(14(3)23)9-15-5-4-6-17(21)10-15/h4-6,10-11,13H,7-9H2,1-3H3/b16-11+,18-12+. The van der Waals surface area contributed by atoms with E-state index in [-0.39, 0.29) is 30.2 Å². The van der Waals surface area contributed by atoms with Gasteiger partial charge in [-0.25, -0.2) is 9.18 Å². The van der Waals surface area contributed by atoms with Crippen LogP contribution in [0.2, 0.25) is 0 Å². The molecule has 6 heteroatoms. The number of hydrogen-bond donors (Lipinski definition) is 0. The molecular weight excluding hydrogens is 345 g/mol. The number of Topliss-reactive ketones (excluding diaryl/α,β-unsaturated/α-hetero) is 1. The van der Waals surface area contributed by atoms with E-state index in [0.29, 0.717) is 29.3 Å². The van der Waals surface area contributed by atoms with Crippen LogP contribution in [-0.2, 0) is 16.0 Å². The fourth-order valence-corrected chi connectivity index (χ4v) is 2.89. The van der Waals surface area contributed by atoms with Gasteiger partial charge < -0.3 is 4.74 Å². The van der Waals surface area contributed by atoms with Gasteiger partial charge in [0.25, 0.3) is 0 Å². The number of ketones is 1. The average Bonchev–Trinajstić information content (AvgIpc) is 2.98. The number of ether oxygens (including phenoxy) is 1. The highest BCUT2D eigenvalue weighted by Gasteiger charge is 2.28. The Labute approximate surface area is 151 Å². The van der Waals surface area contributed by atoms with Crippen molar-refractivity contribution in [1.29, 1.82) is 0 Å². The molecule has 1 amide bonds. The molecule has 0 saturated carbocycles. The van der Waals surface area contributed by atoms with Crippen LogP contribution in [0.4, 0.5) is 9.18 Å². The first kappa shape index (κ1) is 19.2. The molecule has 1 aromatic rings. The van der Waals surface area contributed by atoms with Crippen LogP contribution < -0.4 is 0 Å². The van der Waals surface area contributed by atoms with Gasteiger partial charge in [-0.1, -0.05) is 23.7 Å². The van der Waals surface area contributed by atoms with Gasteiger partial charge in [-0.15, -0.1) is 0 Å². The number of allylic oxidation sites excluding steroid dienone is 3. The number of carbonyl (C=O) groups is 2. The molecule has 1 fully saturated rings. The second-order valence-electron chi connectivity index (χ2n) is 6.05. The fourth-order valence-electron chi connectivity index (χ4n) is 2.60. The maximum absolute atomic E-state index is 13.3. The first-order valence-corrected chi connectivity index (χ1v) is 8.43. The fraction of sp³-hybridized carbons (Fsp3) is 0.368. The highest BCUT2D eigenvalue weighted by atomic mass is 35.5. The number of benzene rings is 1. The lowest BCUT2D eigenvalue weighted by atomic mass is 10.00. The first-order chi connectivity index (χ1) is 11.8. The molecule has 1 saturated heterocycles. The second kappa shape index (κ2) is 8.30. The molecule has 25 heavy (non-hydrogen) atoms. The van der Waals surface area contributed by atoms with Gasteiger partial charge in [0.1, 0.15) is 12.4 Å². The number of cyclic esters (lactones) is 1. The monoisotopic (exact) mass is 365 g/mol. The lowest BCUT2D eigenvalue weighted by Gasteiger charge is -2.23. The van der Waals surface area contributed by atoms with Crippen LogP contribution >= 0.6 is 11.6 Å². The van der Waals surface area contributed by atoms with Crippen molar-refractivity contribution < 1.29 is 18.7 Å². The molecule has 2 rings (SSSR count). The number of carbonyl (C=O) groups excluding carboxylic acids is 2. The van der Waals surface area contributed by atoms with E-state index in [1.54, 1.807) is 23.1 Å². The minimum absolute atomic E-state index is 0.136. The summed E-state index contributed by atoms with van der Waals surface area (Å²) < 4.78 is 18.3. The van der Waals surface area contributed by atoms with Gasteiger partial charge in [-0.3, -0.25) is 9.69 Å². The van der Waals surface area contributed by atoms with Crippen LogP contribution in [0.5, 0.6) is 0 Å². The van der Waals surface area contributed by atoms with Crippen molar-refractivity contribution in [3.63, 3.8) is 0 Å². The normalized spacial score (nSPS) is 17.2. The molecule has 0 spiro atoms. The Hall–Kier alpha value is -2.14. The summed E-state index contributed by atoms with van der Waals surface area (Å²) in [7, 11) is 0. The van der Waals surface area contributed by atoms with Crippen LogP contribution in [0.1, 0.15) is 26.3 Å². The third-order valence-electron chi connectivity index (χ3n) is 4.30. The third-order valence-corrected chi connectivity index (χ3v) is 4.71. The molecule has 1 unspecified atom stereocenters. The third kappa shape index (κ3) is 4.92. The van der Waals surface area contributed by atoms with Crippen LogP contribution in [-0.4, -0.2) is 36.0 Å². The van der Waals surface area contributed by atoms with Gasteiger partial charge >= 0.3 is 6.09 Å². The van der Waals surface area contributed by atoms with Crippen molar-refractivity contribution in [2.75, 3.05) is 13.2 Å². The summed E-state index contributed by atoms with van der Waals surface area (Å²) in [6.45, 7) is 6.00. The summed E-state index contributed by atoms with van der Waals surface area (Å²) in [4.78, 5) is 25.2. The van der Waals surface area contributed by atoms with Crippen LogP contribution in [0.15, 0.2) is 46.5 Å². The summed E-state index contributed by atoms with van der Waals surface area (Å²) in [5, 5.41) is 0.397. The van der Waals surface area contributed by atoms with Crippen molar-refractivity contribution in [3.05, 3.63) is 57.9 Å². The molecular formula is C19H21ClFNO3. The van der Waals surface area contributed by atoms with E-state index in [1.165, 1.54) is 19.1 Å². The van der Waals surface area contributed by atoms with Crippen LogP contribution in [0, 0.1) is 5.82 Å². The molecule has 1 aromatic carbocycles. The molecule has 0 aliphatic carbocycles. The first-order valence-electron chi connectivity index (χ1n) is 8.05. The lowest BCUT2D eigenvalue weighted by molar-refractivity contribution is -0.113. The van der Waals surface area contributed by atoms with E-state index in [9.17, 15) is 14.0 Å². The maximum atomic E-state index is 13.3. The Bertz CT molecular complexity index is 742. The zero-order valence-corrected chi connectivity index (χ0v) is 15.3. The summed E-state index contributed by atoms with van der Waals surface area (Å²) in [6, 6.07) is 5.87. The SMILES string of the molecule is CC(=O)/C(=C/C(Cl)=C(/C)C(C)N1CCOC1=O)Cc1cccc(F)c1. The zero-order valence-electron chi connectivity index (χ0n) is 14.5. The number of nitrogens with zero attached hydrogens (tertiary/aromatic N) is 1. The van der Waals surface area contributed by atoms with E-state index in [1.807, 2.05) is 13.8 Å². The number of amides is 1. The maximum Gasteiger partial charge on any atom is 0.410 e. The number of halogens is 2. The van der Waals surface area contributed by atoms with E-state index in [0.717, 1.165) is 5.57 Å². The molecule has 0 aromatic heterocycles. The summed E-state index contributed by atoms with van der Waals surface area (Å²) in [6.07, 6.45) is 1.52. The van der Waals surface area contributed by atoms with Crippen LogP contribution in [0.25, 0.3) is 0 Å². The molecule has 1 aliphatic heterocycles. The highest BCUT2D eigenvalue weighted by molar-refractivity contribution is 6.32. The van der Waals surface area contributed by atoms with E-state index < -0.39 is 0 Å². The van der Waals surface area contributed by atoms with E-state index in [4.69, 9.17) is 16.3 Å². The topological polar surface area (TPSA) is 46.6 Å². The molecule has 1 aliphatic rings. The lowest BCUT2D eigenvalue weighted by Crippen LogP contribution is -2.34. The molecule has 0 bridgehead atoms. The quantitative estimate of drug-likeness (QED) is 0.559. The summed E-state index contributed by atoms with van der Waals surface area (Å²) in [5.41, 5.74) is 1.93. The van der Waals surface area contributed by atoms with Gasteiger partial charge in [0, 0.05) is 17.0 Å². The Balaban J connectivity index is 2.25. The Morgan fingerprint density at radius 1 is 1.44 bits per heavy atom. The number of rotatable bonds is 6.